The summed E-state index contributed by atoms with van der Waals surface area (Å²) >= 11 is 1.91. The number of nitrogens with one attached hydrogen (secondary N) is 5. The molecule has 44 nitrogen and oxygen atoms in total. The molecule has 0 saturated carbocycles. The summed E-state index contributed by atoms with van der Waals surface area (Å²) in [5.41, 5.74) is 2.27. The summed E-state index contributed by atoms with van der Waals surface area (Å²) in [5.74, 6) is 0.537. The second kappa shape index (κ2) is 72.3. The summed E-state index contributed by atoms with van der Waals surface area (Å²) in [7, 11) is 0. The largest absolute Gasteiger partial charge is 0.486 e. The van der Waals surface area contributed by atoms with Crippen LogP contribution in [-0.4, -0.2) is 460 Å². The maximum atomic E-state index is 13.1. The molecule has 0 aliphatic carbocycles. The topological polar surface area (TPSA) is 574 Å². The molecular weight excluding hydrogens is 1820 g/mol. The Morgan fingerprint density at radius 2 is 0.838 bits per heavy atom. The molecule has 7 rings (SSSR count). The van der Waals surface area contributed by atoms with E-state index >= 15 is 0 Å². The van der Waals surface area contributed by atoms with Gasteiger partial charge in [0.1, 0.15) is 91.3 Å². The van der Waals surface area contributed by atoms with Gasteiger partial charge in [-0.1, -0.05) is 36.8 Å². The molecule has 5 aliphatic heterocycles. The van der Waals surface area contributed by atoms with Gasteiger partial charge in [-0.05, 0) is 67.9 Å². The minimum atomic E-state index is -1.98. The Morgan fingerprint density at radius 1 is 0.404 bits per heavy atom. The van der Waals surface area contributed by atoms with Gasteiger partial charge in [0, 0.05) is 88.3 Å². The van der Waals surface area contributed by atoms with Crippen molar-refractivity contribution >= 4 is 52.9 Å². The quantitative estimate of drug-likeness (QED) is 0.0201. The van der Waals surface area contributed by atoms with Crippen molar-refractivity contribution in [3.63, 3.8) is 0 Å². The molecule has 5 aliphatic rings. The number of ether oxygens (including phenoxy) is 23. The van der Waals surface area contributed by atoms with Gasteiger partial charge < -0.3 is 181 Å². The lowest BCUT2D eigenvalue weighted by Gasteiger charge is -2.48. The molecule has 778 valence electrons. The zero-order valence-corrected chi connectivity index (χ0v) is 79.0. The number of fused-ring (bicyclic) bond motifs is 1. The van der Waals surface area contributed by atoms with Gasteiger partial charge in [0.2, 0.25) is 17.7 Å². The van der Waals surface area contributed by atoms with E-state index in [9.17, 15) is 79.5 Å². The van der Waals surface area contributed by atoms with Gasteiger partial charge in [-0.2, -0.15) is 11.8 Å². The van der Waals surface area contributed by atoms with Crippen molar-refractivity contribution in [2.24, 2.45) is 0 Å². The van der Waals surface area contributed by atoms with Crippen LogP contribution in [0.25, 0.3) is 11.1 Å². The molecular formula is C91H149N5O39S. The van der Waals surface area contributed by atoms with Crippen molar-refractivity contribution in [3.8, 4) is 16.9 Å². The van der Waals surface area contributed by atoms with Gasteiger partial charge >= 0.3 is 6.03 Å². The Balaban J connectivity index is 0.553. The standard InChI is InChI=1S/C91H149N5O39S/c1-63(100)94-79-82(108)86(134-90-85(111)87(81(107)73(59-98)132-90)135-89-84(110)83(109)80(106)72(58-97)131-89)74(60-99)133-88(79)129-26-8-23-93-77(105)21-28-116-32-36-119-39-37-118-34-30-114-25-7-13-68(102)61-130-69-18-16-64(17-19-69)65-9-4-10-66(57-65)71(103)14-5-22-92-76(104)20-27-115-31-35-120-40-42-122-44-46-124-48-50-126-52-54-128-56-55-127-53-51-125-49-47-123-45-43-121-41-38-117-33-29-113-24-6-12-67(101)11-2-3-15-75-78-70(62-136-75)95-91(112)96-78/h4,9-10,16-19,57,70,72-75,78-90,97-99,106-111H,2-3,5-8,11-15,20-56,58-62H2,1H3,(H,92,104)(H,93,105)(H,94,100)(H2,95,96,112)/t70-,72?,73?,74?,75-,78-,79?,80-,81-,82+,83-,84?,85?,86+,87-,88+,89+,90-/m0/s1. The maximum absolute atomic E-state index is 13.1. The van der Waals surface area contributed by atoms with Crippen LogP contribution in [0.5, 0.6) is 5.75 Å². The van der Waals surface area contributed by atoms with Gasteiger partial charge in [0.15, 0.2) is 30.4 Å². The van der Waals surface area contributed by atoms with E-state index in [2.05, 4.69) is 26.6 Å². The predicted molar refractivity (Wildman–Crippen MR) is 483 cm³/mol. The molecule has 14 N–H and O–H groups in total. The van der Waals surface area contributed by atoms with Crippen molar-refractivity contribution in [1.29, 1.82) is 0 Å². The number of ketones is 3. The monoisotopic (exact) mass is 1970 g/mol. The molecule has 6 unspecified atom stereocenters. The third-order valence-electron chi connectivity index (χ3n) is 21.9. The van der Waals surface area contributed by atoms with E-state index in [1.54, 1.807) is 18.2 Å². The van der Waals surface area contributed by atoms with Gasteiger partial charge in [-0.25, -0.2) is 4.79 Å². The highest BCUT2D eigenvalue weighted by Gasteiger charge is 2.54. The number of aliphatic hydroxyl groups excluding tert-OH is 9. The summed E-state index contributed by atoms with van der Waals surface area (Å²) in [6.07, 6.45) is -17.0. The van der Waals surface area contributed by atoms with Crippen molar-refractivity contribution in [1.82, 2.24) is 26.6 Å². The van der Waals surface area contributed by atoms with E-state index in [4.69, 9.17) is 109 Å². The first-order chi connectivity index (χ1) is 66.3. The molecule has 5 heterocycles. The Labute approximate surface area is 798 Å². The summed E-state index contributed by atoms with van der Waals surface area (Å²) < 4.78 is 129. The van der Waals surface area contributed by atoms with Crippen molar-refractivity contribution in [2.45, 2.75) is 200 Å². The van der Waals surface area contributed by atoms with Crippen LogP contribution in [-0.2, 0) is 128 Å². The van der Waals surface area contributed by atoms with E-state index in [1.807, 2.05) is 42.1 Å². The summed E-state index contributed by atoms with van der Waals surface area (Å²) in [5, 5.41) is 109. The molecule has 0 bridgehead atoms. The Morgan fingerprint density at radius 3 is 1.32 bits per heavy atom. The molecule has 2 aromatic rings. The normalized spacial score (nSPS) is 24.3. The number of Topliss-reactive ketones (excluding diaryl/α,β-unsaturated/α-hetero) is 3. The number of hydrogen-bond donors (Lipinski definition) is 14. The highest BCUT2D eigenvalue weighted by atomic mass is 32.2. The molecule has 5 saturated heterocycles. The molecule has 0 spiro atoms. The molecule has 136 heavy (non-hydrogen) atoms. The summed E-state index contributed by atoms with van der Waals surface area (Å²) in [4.78, 5) is 86.7. The zero-order valence-electron chi connectivity index (χ0n) is 78.2. The minimum Gasteiger partial charge on any atom is -0.486 e. The van der Waals surface area contributed by atoms with E-state index in [-0.39, 0.29) is 126 Å². The van der Waals surface area contributed by atoms with Gasteiger partial charge in [0.05, 0.1) is 237 Å². The molecule has 18 atom stereocenters. The zero-order chi connectivity index (χ0) is 97.4. The van der Waals surface area contributed by atoms with Crippen LogP contribution >= 0.6 is 11.8 Å². The second-order valence-corrected chi connectivity index (χ2v) is 33.6. The second-order valence-electron chi connectivity index (χ2n) is 32.3. The van der Waals surface area contributed by atoms with Crippen LogP contribution in [0.3, 0.4) is 0 Å². The molecule has 5 amide bonds. The lowest BCUT2D eigenvalue weighted by atomic mass is 9.95. The predicted octanol–water partition coefficient (Wildman–Crippen LogP) is -1.60. The number of hydrogen-bond acceptors (Lipinski definition) is 40. The van der Waals surface area contributed by atoms with Crippen molar-refractivity contribution in [3.05, 3.63) is 54.1 Å². The maximum Gasteiger partial charge on any atom is 0.315 e. The fraction of sp³-hybridized carbons (Fsp3) is 0.791. The number of benzene rings is 2. The van der Waals surface area contributed by atoms with E-state index in [0.29, 0.717) is 240 Å². The highest BCUT2D eigenvalue weighted by molar-refractivity contribution is 8.00. The lowest BCUT2D eigenvalue weighted by molar-refractivity contribution is -0.376. The number of urea groups is 1. The van der Waals surface area contributed by atoms with Crippen LogP contribution in [0.4, 0.5) is 4.79 Å². The smallest absolute Gasteiger partial charge is 0.315 e. The molecule has 0 aromatic heterocycles. The third-order valence-corrected chi connectivity index (χ3v) is 23.4. The average Bonchev–Trinajstić information content (AvgIpc) is 0.991. The van der Waals surface area contributed by atoms with Crippen LogP contribution in [0, 0.1) is 0 Å². The molecule has 0 radical (unpaired) electrons. The number of carbonyl (C=O) groups is 7. The fourth-order valence-electron chi connectivity index (χ4n) is 14.5. The number of aliphatic hydroxyl groups is 9. The van der Waals surface area contributed by atoms with Crippen LogP contribution in [0.15, 0.2) is 48.5 Å². The fourth-order valence-corrected chi connectivity index (χ4v) is 16.1. The van der Waals surface area contributed by atoms with E-state index in [1.165, 1.54) is 0 Å². The van der Waals surface area contributed by atoms with Crippen molar-refractivity contribution < 1.29 is 188 Å². The first kappa shape index (κ1) is 117. The van der Waals surface area contributed by atoms with Crippen LogP contribution < -0.4 is 31.3 Å². The van der Waals surface area contributed by atoms with Crippen molar-refractivity contribution in [2.75, 3.05) is 263 Å². The minimum absolute atomic E-state index is 0.0452. The highest BCUT2D eigenvalue weighted by Crippen LogP contribution is 2.36. The molecule has 2 aromatic carbocycles. The molecule has 5 fully saturated rings. The van der Waals surface area contributed by atoms with E-state index < -0.39 is 118 Å². The number of carbonyl (C=O) groups excluding carboxylic acids is 7. The number of unbranched alkanes of at least 4 members (excludes halogenated alkanes) is 1. The SMILES string of the molecule is CC(=O)NC1[C@H](OCCCNC(=O)CCOCCOCCOCCOCCCC(=O)COc2ccc(-c3cccc(C(=O)CCCNC(=O)CCOCCOCCOCCOCCOCCOCCOCCOCCOCCOCCOCCOCCCC(=O)CCCC[C@@H]4SC[C@@H]5NC(=O)N[C@@H]54)c3)cc2)OC(CO)[C@@H](O[C@@H]2OC(CO)[C@H](O)[C@H](O[C@H]3OC(CO)[C@H](O)[C@H](O)C3O)C2O)[C@@H]1O. The lowest BCUT2D eigenvalue weighted by Crippen LogP contribution is -2.68. The van der Waals surface area contributed by atoms with Gasteiger partial charge in [0.25, 0.3) is 0 Å². The average molecular weight is 1970 g/mol. The Bertz CT molecular complexity index is 3530. The Hall–Kier alpha value is -5.96. The summed E-state index contributed by atoms with van der Waals surface area (Å²) in [6.45, 7) is 11.7. The van der Waals surface area contributed by atoms with Crippen LogP contribution in [0.2, 0.25) is 0 Å². The number of amides is 5. The third kappa shape index (κ3) is 47.7. The van der Waals surface area contributed by atoms with Gasteiger partial charge in [-0.3, -0.25) is 28.8 Å². The summed E-state index contributed by atoms with van der Waals surface area (Å²) in [6, 6.07) is 13.6. The van der Waals surface area contributed by atoms with E-state index in [0.717, 1.165) is 43.1 Å². The first-order valence-electron chi connectivity index (χ1n) is 47.2. The Kier molecular flexibility index (Phi) is 62.2. The van der Waals surface area contributed by atoms with Crippen LogP contribution in [0.1, 0.15) is 101 Å². The van der Waals surface area contributed by atoms with Gasteiger partial charge in [-0.15, -0.1) is 0 Å². The first-order valence-corrected chi connectivity index (χ1v) is 48.3. The number of rotatable bonds is 83. The molecule has 45 heteroatoms. The number of thioether (sulfide) groups is 1.